The first kappa shape index (κ1) is 18.5. The van der Waals surface area contributed by atoms with Crippen LogP contribution >= 0.6 is 0 Å². The molecule has 7 nitrogen and oxygen atoms in total. The number of carboxylic acids is 1. The molecule has 1 aromatic carbocycles. The number of carbonyl (C=O) groups is 3. The zero-order chi connectivity index (χ0) is 17.4. The lowest BCUT2D eigenvalue weighted by molar-refractivity contribution is -0.143. The highest BCUT2D eigenvalue weighted by Gasteiger charge is 2.26. The average Bonchev–Trinajstić information content (AvgIpc) is 2.50. The van der Waals surface area contributed by atoms with Gasteiger partial charge in [-0.3, -0.25) is 4.79 Å². The number of aliphatic carboxylic acids is 1. The Morgan fingerprint density at radius 2 is 1.70 bits per heavy atom. The van der Waals surface area contributed by atoms with Gasteiger partial charge in [0.25, 0.3) is 0 Å². The van der Waals surface area contributed by atoms with Gasteiger partial charge in [-0.05, 0) is 18.4 Å². The normalized spacial score (nSPS) is 13.0. The third-order valence-electron chi connectivity index (χ3n) is 3.17. The van der Waals surface area contributed by atoms with E-state index in [-0.39, 0.29) is 12.5 Å². The zero-order valence-corrected chi connectivity index (χ0v) is 13.4. The van der Waals surface area contributed by atoms with E-state index in [1.165, 1.54) is 6.92 Å². The largest absolute Gasteiger partial charge is 0.480 e. The minimum atomic E-state index is -1.12. The van der Waals surface area contributed by atoms with E-state index in [9.17, 15) is 14.4 Å². The van der Waals surface area contributed by atoms with Crippen molar-refractivity contribution in [3.63, 3.8) is 0 Å². The van der Waals surface area contributed by atoms with Crippen LogP contribution in [-0.4, -0.2) is 35.2 Å². The van der Waals surface area contributed by atoms with Crippen molar-refractivity contribution >= 4 is 18.0 Å². The number of rotatable bonds is 7. The van der Waals surface area contributed by atoms with E-state index in [1.807, 2.05) is 30.3 Å². The first-order valence-corrected chi connectivity index (χ1v) is 7.31. The molecule has 7 heteroatoms. The average molecular weight is 322 g/mol. The van der Waals surface area contributed by atoms with Crippen molar-refractivity contribution in [1.82, 2.24) is 10.6 Å². The molecule has 0 heterocycles. The predicted octanol–water partition coefficient (Wildman–Crippen LogP) is 1.53. The van der Waals surface area contributed by atoms with Gasteiger partial charge >= 0.3 is 12.1 Å². The van der Waals surface area contributed by atoms with Gasteiger partial charge in [-0.1, -0.05) is 44.2 Å². The topological polar surface area (TPSA) is 105 Å². The van der Waals surface area contributed by atoms with E-state index in [0.29, 0.717) is 0 Å². The summed E-state index contributed by atoms with van der Waals surface area (Å²) >= 11 is 0. The number of nitrogens with one attached hydrogen (secondary N) is 2. The van der Waals surface area contributed by atoms with Gasteiger partial charge < -0.3 is 20.5 Å². The monoisotopic (exact) mass is 322 g/mol. The van der Waals surface area contributed by atoms with Crippen LogP contribution in [-0.2, 0) is 20.9 Å². The summed E-state index contributed by atoms with van der Waals surface area (Å²) in [6, 6.07) is 7.21. The molecule has 0 aliphatic carbocycles. The second-order valence-electron chi connectivity index (χ2n) is 5.50. The Bertz CT molecular complexity index is 545. The first-order valence-electron chi connectivity index (χ1n) is 7.31. The van der Waals surface area contributed by atoms with E-state index in [4.69, 9.17) is 9.84 Å². The highest BCUT2D eigenvalue weighted by atomic mass is 16.5. The summed E-state index contributed by atoms with van der Waals surface area (Å²) in [5.41, 5.74) is 0.825. The Kier molecular flexibility index (Phi) is 7.05. The Balaban J connectivity index is 2.44. The van der Waals surface area contributed by atoms with Crippen LogP contribution in [0.1, 0.15) is 26.3 Å². The molecule has 0 aliphatic rings. The van der Waals surface area contributed by atoms with Crippen molar-refractivity contribution in [3.05, 3.63) is 35.9 Å². The van der Waals surface area contributed by atoms with Crippen LogP contribution in [0.15, 0.2) is 30.3 Å². The summed E-state index contributed by atoms with van der Waals surface area (Å²) in [4.78, 5) is 34.6. The highest BCUT2D eigenvalue weighted by Crippen LogP contribution is 2.03. The highest BCUT2D eigenvalue weighted by molar-refractivity contribution is 5.89. The van der Waals surface area contributed by atoms with Crippen molar-refractivity contribution in [3.8, 4) is 0 Å². The smallest absolute Gasteiger partial charge is 0.408 e. The van der Waals surface area contributed by atoms with Gasteiger partial charge in [0.15, 0.2) is 0 Å². The molecule has 0 bridgehead atoms. The van der Waals surface area contributed by atoms with E-state index in [1.54, 1.807) is 13.8 Å². The number of amides is 2. The van der Waals surface area contributed by atoms with Gasteiger partial charge in [-0.15, -0.1) is 0 Å². The maximum atomic E-state index is 11.9. The molecule has 1 aromatic rings. The summed E-state index contributed by atoms with van der Waals surface area (Å²) in [5, 5.41) is 13.8. The third-order valence-corrected chi connectivity index (χ3v) is 3.17. The minimum Gasteiger partial charge on any atom is -0.480 e. The van der Waals surface area contributed by atoms with Crippen LogP contribution in [0.4, 0.5) is 4.79 Å². The van der Waals surface area contributed by atoms with Crippen molar-refractivity contribution in [1.29, 1.82) is 0 Å². The van der Waals surface area contributed by atoms with E-state index < -0.39 is 30.1 Å². The Hall–Kier alpha value is -2.57. The van der Waals surface area contributed by atoms with Crippen LogP contribution in [0, 0.1) is 5.92 Å². The van der Waals surface area contributed by atoms with Crippen LogP contribution in [0.25, 0.3) is 0 Å². The number of carbonyl (C=O) groups excluding carboxylic acids is 2. The lowest BCUT2D eigenvalue weighted by Gasteiger charge is -2.21. The third kappa shape index (κ3) is 6.37. The lowest BCUT2D eigenvalue weighted by Crippen LogP contribution is -2.52. The molecule has 0 saturated carbocycles. The van der Waals surface area contributed by atoms with Crippen molar-refractivity contribution in [2.45, 2.75) is 39.5 Å². The summed E-state index contributed by atoms with van der Waals surface area (Å²) in [6.45, 7) is 4.92. The van der Waals surface area contributed by atoms with Crippen molar-refractivity contribution < 1.29 is 24.2 Å². The second-order valence-corrected chi connectivity index (χ2v) is 5.50. The quantitative estimate of drug-likeness (QED) is 0.706. The molecule has 1 rings (SSSR count). The molecular formula is C16H22N2O5. The molecule has 0 aromatic heterocycles. The van der Waals surface area contributed by atoms with E-state index >= 15 is 0 Å². The molecule has 2 amide bonds. The molecule has 0 aliphatic heterocycles. The zero-order valence-electron chi connectivity index (χ0n) is 13.4. The summed E-state index contributed by atoms with van der Waals surface area (Å²) in [5.74, 6) is -1.97. The van der Waals surface area contributed by atoms with Gasteiger partial charge in [0, 0.05) is 0 Å². The fraction of sp³-hybridized carbons (Fsp3) is 0.438. The number of benzene rings is 1. The minimum absolute atomic E-state index is 0.0881. The van der Waals surface area contributed by atoms with Gasteiger partial charge in [0.2, 0.25) is 5.91 Å². The number of ether oxygens (including phenoxy) is 1. The molecule has 2 atom stereocenters. The molecule has 23 heavy (non-hydrogen) atoms. The standard InChI is InChI=1S/C16H22N2O5/c1-10(2)13(15(20)21)18-14(19)11(3)17-16(22)23-9-12-7-5-4-6-8-12/h4-8,10-11,13H,9H2,1-3H3,(H,17,22)(H,18,19)(H,20,21)/t11-,13+/m1/s1. The molecule has 0 radical (unpaired) electrons. The SMILES string of the molecule is CC(C)[C@H](NC(=O)[C@@H](C)NC(=O)OCc1ccccc1)C(=O)O. The molecule has 126 valence electrons. The predicted molar refractivity (Wildman–Crippen MR) is 83.6 cm³/mol. The first-order chi connectivity index (χ1) is 10.8. The molecule has 0 saturated heterocycles. The number of hydrogen-bond acceptors (Lipinski definition) is 4. The van der Waals surface area contributed by atoms with Crippen LogP contribution in [0.2, 0.25) is 0 Å². The van der Waals surface area contributed by atoms with Crippen LogP contribution < -0.4 is 10.6 Å². The number of hydrogen-bond donors (Lipinski definition) is 3. The van der Waals surface area contributed by atoms with Gasteiger partial charge in [-0.2, -0.15) is 0 Å². The Morgan fingerprint density at radius 3 is 2.22 bits per heavy atom. The molecule has 0 unspecified atom stereocenters. The fourth-order valence-corrected chi connectivity index (χ4v) is 1.80. The van der Waals surface area contributed by atoms with Crippen molar-refractivity contribution in [2.75, 3.05) is 0 Å². The second kappa shape index (κ2) is 8.77. The maximum absolute atomic E-state index is 11.9. The van der Waals surface area contributed by atoms with Crippen LogP contribution in [0.5, 0.6) is 0 Å². The van der Waals surface area contributed by atoms with Gasteiger partial charge in [0.05, 0.1) is 0 Å². The van der Waals surface area contributed by atoms with Gasteiger partial charge in [0.1, 0.15) is 18.7 Å². The van der Waals surface area contributed by atoms with Crippen molar-refractivity contribution in [2.24, 2.45) is 5.92 Å². The lowest BCUT2D eigenvalue weighted by atomic mass is 10.0. The van der Waals surface area contributed by atoms with Gasteiger partial charge in [-0.25, -0.2) is 9.59 Å². The Labute approximate surface area is 135 Å². The fourth-order valence-electron chi connectivity index (χ4n) is 1.80. The van der Waals surface area contributed by atoms with E-state index in [2.05, 4.69) is 10.6 Å². The van der Waals surface area contributed by atoms with E-state index in [0.717, 1.165) is 5.56 Å². The number of alkyl carbamates (subject to hydrolysis) is 1. The molecule has 0 fully saturated rings. The molecular weight excluding hydrogens is 300 g/mol. The van der Waals surface area contributed by atoms with Crippen LogP contribution in [0.3, 0.4) is 0 Å². The Morgan fingerprint density at radius 1 is 1.09 bits per heavy atom. The summed E-state index contributed by atoms with van der Waals surface area (Å²) in [7, 11) is 0. The summed E-state index contributed by atoms with van der Waals surface area (Å²) in [6.07, 6.45) is -0.743. The summed E-state index contributed by atoms with van der Waals surface area (Å²) < 4.78 is 5.00. The molecule has 3 N–H and O–H groups in total. The maximum Gasteiger partial charge on any atom is 0.408 e. The molecule has 0 spiro atoms. The number of carboxylic acid groups (broad SMARTS) is 1.